The Labute approximate surface area is 166 Å². The second kappa shape index (κ2) is 8.63. The summed E-state index contributed by atoms with van der Waals surface area (Å²) in [6.07, 6.45) is 0.292. The van der Waals surface area contributed by atoms with Gasteiger partial charge in [0.25, 0.3) is 5.91 Å². The smallest absolute Gasteiger partial charge is 0.260 e. The number of aryl methyl sites for hydroxylation is 1. The van der Waals surface area contributed by atoms with Gasteiger partial charge < -0.3 is 19.4 Å². The van der Waals surface area contributed by atoms with E-state index in [2.05, 4.69) is 0 Å². The van der Waals surface area contributed by atoms with Crippen molar-refractivity contribution >= 4 is 17.7 Å². The van der Waals surface area contributed by atoms with E-state index in [-0.39, 0.29) is 36.3 Å². The maximum atomic E-state index is 12.7. The standard InChI is InChI=1S/C21H29N3O4/c1-15(2)24-13-17(12-19(24)25)21(27)23-10-8-22(9-11-23)20(26)14-28-18-6-4-16(3)5-7-18/h4-7,15,17H,8-14H2,1-3H3. The van der Waals surface area contributed by atoms with Gasteiger partial charge >= 0.3 is 0 Å². The van der Waals surface area contributed by atoms with Crippen molar-refractivity contribution < 1.29 is 19.1 Å². The van der Waals surface area contributed by atoms with Gasteiger partial charge in [0, 0.05) is 45.2 Å². The summed E-state index contributed by atoms with van der Waals surface area (Å²) in [5.74, 6) is 0.417. The molecule has 3 rings (SSSR count). The summed E-state index contributed by atoms with van der Waals surface area (Å²) in [6.45, 7) is 8.42. The van der Waals surface area contributed by atoms with Crippen LogP contribution in [0, 0.1) is 12.8 Å². The number of likely N-dealkylation sites (tertiary alicyclic amines) is 1. The van der Waals surface area contributed by atoms with Gasteiger partial charge in [-0.2, -0.15) is 0 Å². The molecular formula is C21H29N3O4. The SMILES string of the molecule is Cc1ccc(OCC(=O)N2CCN(C(=O)C3CC(=O)N(C(C)C)C3)CC2)cc1. The molecular weight excluding hydrogens is 358 g/mol. The third kappa shape index (κ3) is 4.64. The van der Waals surface area contributed by atoms with Crippen LogP contribution in [0.1, 0.15) is 25.8 Å². The topological polar surface area (TPSA) is 70.2 Å². The summed E-state index contributed by atoms with van der Waals surface area (Å²) in [6, 6.07) is 7.70. The first-order valence-corrected chi connectivity index (χ1v) is 9.90. The van der Waals surface area contributed by atoms with Crippen LogP contribution in [-0.4, -0.2) is 77.8 Å². The van der Waals surface area contributed by atoms with Crippen LogP contribution in [0.15, 0.2) is 24.3 Å². The first-order valence-electron chi connectivity index (χ1n) is 9.90. The van der Waals surface area contributed by atoms with Crippen LogP contribution in [0.4, 0.5) is 0 Å². The second-order valence-electron chi connectivity index (χ2n) is 7.85. The maximum Gasteiger partial charge on any atom is 0.260 e. The van der Waals surface area contributed by atoms with E-state index in [1.165, 1.54) is 0 Å². The Balaban J connectivity index is 1.45. The molecule has 2 saturated heterocycles. The third-order valence-corrected chi connectivity index (χ3v) is 5.46. The van der Waals surface area contributed by atoms with Gasteiger partial charge in [-0.25, -0.2) is 0 Å². The van der Waals surface area contributed by atoms with E-state index in [0.29, 0.717) is 44.9 Å². The van der Waals surface area contributed by atoms with Gasteiger partial charge in [0.15, 0.2) is 6.61 Å². The summed E-state index contributed by atoms with van der Waals surface area (Å²) in [5, 5.41) is 0. The Morgan fingerprint density at radius 3 is 2.25 bits per heavy atom. The van der Waals surface area contributed by atoms with E-state index in [0.717, 1.165) is 5.56 Å². The van der Waals surface area contributed by atoms with Crippen molar-refractivity contribution in [2.75, 3.05) is 39.3 Å². The molecule has 152 valence electrons. The lowest BCUT2D eigenvalue weighted by Gasteiger charge is -2.36. The number of ether oxygens (including phenoxy) is 1. The Morgan fingerprint density at radius 2 is 1.68 bits per heavy atom. The van der Waals surface area contributed by atoms with Crippen LogP contribution in [0.3, 0.4) is 0 Å². The number of nitrogens with zero attached hydrogens (tertiary/aromatic N) is 3. The number of piperazine rings is 1. The van der Waals surface area contributed by atoms with Crippen molar-refractivity contribution in [2.24, 2.45) is 5.92 Å². The van der Waals surface area contributed by atoms with Gasteiger partial charge in [0.1, 0.15) is 5.75 Å². The van der Waals surface area contributed by atoms with Crippen molar-refractivity contribution in [1.82, 2.24) is 14.7 Å². The average Bonchev–Trinajstić information content (AvgIpc) is 3.09. The molecule has 2 heterocycles. The minimum Gasteiger partial charge on any atom is -0.484 e. The van der Waals surface area contributed by atoms with Crippen molar-refractivity contribution in [3.05, 3.63) is 29.8 Å². The maximum absolute atomic E-state index is 12.7. The molecule has 0 aromatic heterocycles. The zero-order valence-electron chi connectivity index (χ0n) is 16.9. The summed E-state index contributed by atoms with van der Waals surface area (Å²) in [4.78, 5) is 42.5. The van der Waals surface area contributed by atoms with E-state index in [1.54, 1.807) is 14.7 Å². The molecule has 3 amide bonds. The molecule has 7 nitrogen and oxygen atoms in total. The van der Waals surface area contributed by atoms with Gasteiger partial charge in [-0.15, -0.1) is 0 Å². The summed E-state index contributed by atoms with van der Waals surface area (Å²) in [7, 11) is 0. The molecule has 7 heteroatoms. The predicted molar refractivity (Wildman–Crippen MR) is 105 cm³/mol. The molecule has 1 aromatic rings. The lowest BCUT2D eigenvalue weighted by atomic mass is 10.1. The fraction of sp³-hybridized carbons (Fsp3) is 0.571. The van der Waals surface area contributed by atoms with Gasteiger partial charge in [-0.05, 0) is 32.9 Å². The molecule has 0 N–H and O–H groups in total. The van der Waals surface area contributed by atoms with Crippen LogP contribution in [0.2, 0.25) is 0 Å². The lowest BCUT2D eigenvalue weighted by molar-refractivity contribution is -0.142. The number of benzene rings is 1. The molecule has 1 atom stereocenters. The summed E-state index contributed by atoms with van der Waals surface area (Å²) in [5.41, 5.74) is 1.14. The van der Waals surface area contributed by atoms with Gasteiger partial charge in [-0.3, -0.25) is 14.4 Å². The highest BCUT2D eigenvalue weighted by Gasteiger charge is 2.38. The summed E-state index contributed by atoms with van der Waals surface area (Å²) >= 11 is 0. The number of carbonyl (C=O) groups excluding carboxylic acids is 3. The molecule has 0 saturated carbocycles. The monoisotopic (exact) mass is 387 g/mol. The fourth-order valence-corrected chi connectivity index (χ4v) is 3.70. The lowest BCUT2D eigenvalue weighted by Crippen LogP contribution is -2.53. The number of rotatable bonds is 5. The molecule has 0 aliphatic carbocycles. The Morgan fingerprint density at radius 1 is 1.07 bits per heavy atom. The van der Waals surface area contributed by atoms with Crippen LogP contribution in [-0.2, 0) is 14.4 Å². The Kier molecular flexibility index (Phi) is 6.21. The Hall–Kier alpha value is -2.57. The normalized spacial score (nSPS) is 20.1. The van der Waals surface area contributed by atoms with Gasteiger partial charge in [0.2, 0.25) is 11.8 Å². The molecule has 2 aliphatic heterocycles. The third-order valence-electron chi connectivity index (χ3n) is 5.46. The number of hydrogen-bond donors (Lipinski definition) is 0. The van der Waals surface area contributed by atoms with Crippen LogP contribution < -0.4 is 4.74 Å². The summed E-state index contributed by atoms with van der Waals surface area (Å²) < 4.78 is 5.56. The molecule has 2 fully saturated rings. The van der Waals surface area contributed by atoms with Crippen molar-refractivity contribution in [3.8, 4) is 5.75 Å². The highest BCUT2D eigenvalue weighted by Crippen LogP contribution is 2.22. The van der Waals surface area contributed by atoms with E-state index >= 15 is 0 Å². The number of hydrogen-bond acceptors (Lipinski definition) is 4. The fourth-order valence-electron chi connectivity index (χ4n) is 3.70. The first-order chi connectivity index (χ1) is 13.3. The first kappa shape index (κ1) is 20.2. The highest BCUT2D eigenvalue weighted by molar-refractivity contribution is 5.89. The van der Waals surface area contributed by atoms with E-state index < -0.39 is 0 Å². The minimum absolute atomic E-state index is 0.00250. The van der Waals surface area contributed by atoms with Crippen molar-refractivity contribution in [3.63, 3.8) is 0 Å². The van der Waals surface area contributed by atoms with Crippen LogP contribution >= 0.6 is 0 Å². The highest BCUT2D eigenvalue weighted by atomic mass is 16.5. The zero-order valence-corrected chi connectivity index (χ0v) is 16.9. The van der Waals surface area contributed by atoms with Crippen molar-refractivity contribution in [1.29, 1.82) is 0 Å². The predicted octanol–water partition coefficient (Wildman–Crippen LogP) is 1.30. The van der Waals surface area contributed by atoms with Crippen LogP contribution in [0.25, 0.3) is 0 Å². The molecule has 0 radical (unpaired) electrons. The second-order valence-corrected chi connectivity index (χ2v) is 7.85. The molecule has 2 aliphatic rings. The molecule has 0 spiro atoms. The van der Waals surface area contributed by atoms with E-state index in [9.17, 15) is 14.4 Å². The molecule has 0 bridgehead atoms. The van der Waals surface area contributed by atoms with Gasteiger partial charge in [-0.1, -0.05) is 17.7 Å². The quantitative estimate of drug-likeness (QED) is 0.764. The number of amides is 3. The largest absolute Gasteiger partial charge is 0.484 e. The van der Waals surface area contributed by atoms with E-state index in [1.807, 2.05) is 45.0 Å². The van der Waals surface area contributed by atoms with Gasteiger partial charge in [0.05, 0.1) is 5.92 Å². The number of carbonyl (C=O) groups is 3. The Bertz CT molecular complexity index is 724. The molecule has 1 aromatic carbocycles. The molecule has 28 heavy (non-hydrogen) atoms. The van der Waals surface area contributed by atoms with E-state index in [4.69, 9.17) is 4.74 Å². The minimum atomic E-state index is -0.262. The molecule has 1 unspecified atom stereocenters. The van der Waals surface area contributed by atoms with Crippen LogP contribution in [0.5, 0.6) is 5.75 Å². The average molecular weight is 387 g/mol. The zero-order chi connectivity index (χ0) is 20.3. The van der Waals surface area contributed by atoms with Crippen molar-refractivity contribution in [2.45, 2.75) is 33.2 Å².